The average molecular weight is 183 g/mol. The van der Waals surface area contributed by atoms with Gasteiger partial charge in [-0.2, -0.15) is 0 Å². The van der Waals surface area contributed by atoms with Gasteiger partial charge in [0.1, 0.15) is 0 Å². The molecule has 0 aromatic heterocycles. The molecule has 0 spiro atoms. The summed E-state index contributed by atoms with van der Waals surface area (Å²) in [7, 11) is 0. The van der Waals surface area contributed by atoms with Crippen LogP contribution in [0.15, 0.2) is 12.1 Å². The number of aryl methyl sites for hydroxylation is 4. The van der Waals surface area contributed by atoms with E-state index >= 15 is 0 Å². The first-order valence-corrected chi connectivity index (χ1v) is 4.81. The number of rotatable bonds is 2. The smallest absolute Gasteiger partial charge is 0.0264 e. The van der Waals surface area contributed by atoms with Crippen molar-refractivity contribution in [2.24, 2.45) is 0 Å². The Bertz CT molecular complexity index is 277. The van der Waals surface area contributed by atoms with Crippen LogP contribution in [0.1, 0.15) is 22.3 Å². The summed E-state index contributed by atoms with van der Waals surface area (Å²) in [5.74, 6) is 0.712. The van der Waals surface area contributed by atoms with Gasteiger partial charge < -0.3 is 0 Å². The molecule has 66 valence electrons. The maximum absolute atomic E-state index is 5.70. The third kappa shape index (κ3) is 2.01. The lowest BCUT2D eigenvalue weighted by Gasteiger charge is -2.07. The van der Waals surface area contributed by atoms with Gasteiger partial charge in [-0.05, 0) is 49.4 Å². The van der Waals surface area contributed by atoms with Gasteiger partial charge in [-0.15, -0.1) is 11.6 Å². The second-order valence-corrected chi connectivity index (χ2v) is 3.68. The molecule has 0 saturated heterocycles. The lowest BCUT2D eigenvalue weighted by molar-refractivity contribution is 1.10. The highest BCUT2D eigenvalue weighted by atomic mass is 35.5. The zero-order valence-corrected chi connectivity index (χ0v) is 8.70. The van der Waals surface area contributed by atoms with Crippen molar-refractivity contribution < 1.29 is 0 Å². The number of hydrogen-bond donors (Lipinski definition) is 0. The summed E-state index contributed by atoms with van der Waals surface area (Å²) >= 11 is 5.70. The van der Waals surface area contributed by atoms with Crippen LogP contribution < -0.4 is 0 Å². The van der Waals surface area contributed by atoms with Crippen LogP contribution in [0.3, 0.4) is 0 Å². The number of alkyl halides is 1. The normalized spacial score (nSPS) is 10.3. The minimum atomic E-state index is 0.712. The van der Waals surface area contributed by atoms with Crippen molar-refractivity contribution >= 4 is 11.6 Å². The fourth-order valence-electron chi connectivity index (χ4n) is 1.39. The number of benzene rings is 1. The van der Waals surface area contributed by atoms with E-state index < -0.39 is 0 Å². The molecule has 0 saturated carbocycles. The average Bonchev–Trinajstić information content (AvgIpc) is 2.01. The molecule has 1 aromatic carbocycles. The Morgan fingerprint density at radius 2 is 1.58 bits per heavy atom. The molecule has 1 aromatic rings. The first kappa shape index (κ1) is 9.60. The summed E-state index contributed by atoms with van der Waals surface area (Å²) < 4.78 is 0. The van der Waals surface area contributed by atoms with Crippen LogP contribution >= 0.6 is 11.6 Å². The summed E-state index contributed by atoms with van der Waals surface area (Å²) in [6, 6.07) is 4.48. The van der Waals surface area contributed by atoms with Crippen LogP contribution in [0.2, 0.25) is 0 Å². The molecule has 0 unspecified atom stereocenters. The van der Waals surface area contributed by atoms with Crippen molar-refractivity contribution in [3.63, 3.8) is 0 Å². The van der Waals surface area contributed by atoms with Crippen molar-refractivity contribution in [3.05, 3.63) is 34.4 Å². The third-order valence-corrected chi connectivity index (χ3v) is 2.51. The Morgan fingerprint density at radius 3 is 2.17 bits per heavy atom. The molecule has 1 heteroatoms. The zero-order valence-electron chi connectivity index (χ0n) is 7.95. The minimum absolute atomic E-state index is 0.712. The molecule has 0 aliphatic carbocycles. The van der Waals surface area contributed by atoms with E-state index in [0.717, 1.165) is 6.42 Å². The molecule has 0 bridgehead atoms. The monoisotopic (exact) mass is 182 g/mol. The van der Waals surface area contributed by atoms with Crippen LogP contribution in [0, 0.1) is 20.8 Å². The third-order valence-electron chi connectivity index (χ3n) is 2.32. The van der Waals surface area contributed by atoms with Gasteiger partial charge >= 0.3 is 0 Å². The second-order valence-electron chi connectivity index (χ2n) is 3.30. The van der Waals surface area contributed by atoms with Crippen molar-refractivity contribution in [1.82, 2.24) is 0 Å². The van der Waals surface area contributed by atoms with Crippen LogP contribution in [0.4, 0.5) is 0 Å². The molecule has 0 atom stereocenters. The topological polar surface area (TPSA) is 0 Å². The van der Waals surface area contributed by atoms with Crippen LogP contribution in [-0.2, 0) is 6.42 Å². The molecule has 0 aliphatic heterocycles. The summed E-state index contributed by atoms with van der Waals surface area (Å²) in [4.78, 5) is 0. The maximum atomic E-state index is 5.70. The van der Waals surface area contributed by atoms with E-state index in [4.69, 9.17) is 11.6 Å². The lowest BCUT2D eigenvalue weighted by atomic mass is 9.99. The highest BCUT2D eigenvalue weighted by Crippen LogP contribution is 2.15. The summed E-state index contributed by atoms with van der Waals surface area (Å²) in [6.07, 6.45) is 0.981. The van der Waals surface area contributed by atoms with Crippen molar-refractivity contribution in [3.8, 4) is 0 Å². The largest absolute Gasteiger partial charge is 0.126 e. The van der Waals surface area contributed by atoms with E-state index in [1.165, 1.54) is 22.3 Å². The van der Waals surface area contributed by atoms with Gasteiger partial charge in [-0.3, -0.25) is 0 Å². The molecule has 12 heavy (non-hydrogen) atoms. The van der Waals surface area contributed by atoms with Crippen LogP contribution in [0.25, 0.3) is 0 Å². The zero-order chi connectivity index (χ0) is 9.14. The first-order valence-electron chi connectivity index (χ1n) is 4.28. The molecular weight excluding hydrogens is 168 g/mol. The number of hydrogen-bond acceptors (Lipinski definition) is 0. The van der Waals surface area contributed by atoms with Gasteiger partial charge in [0, 0.05) is 5.88 Å². The van der Waals surface area contributed by atoms with Crippen LogP contribution in [-0.4, -0.2) is 5.88 Å². The molecule has 0 amide bonds. The molecule has 1 rings (SSSR count). The molecule has 0 fully saturated rings. The maximum Gasteiger partial charge on any atom is 0.0264 e. The molecule has 0 N–H and O–H groups in total. The molecular formula is C11H15Cl. The van der Waals surface area contributed by atoms with Crippen molar-refractivity contribution in [2.45, 2.75) is 27.2 Å². The fourth-order valence-corrected chi connectivity index (χ4v) is 1.60. The molecule has 0 heterocycles. The van der Waals surface area contributed by atoms with E-state index in [1.807, 2.05) is 0 Å². The highest BCUT2D eigenvalue weighted by Gasteiger charge is 2.00. The first-order chi connectivity index (χ1) is 5.65. The summed E-state index contributed by atoms with van der Waals surface area (Å²) in [5, 5.41) is 0. The van der Waals surface area contributed by atoms with Crippen LogP contribution in [0.5, 0.6) is 0 Å². The Balaban J connectivity index is 3.05. The summed E-state index contributed by atoms with van der Waals surface area (Å²) in [6.45, 7) is 6.44. The minimum Gasteiger partial charge on any atom is -0.126 e. The van der Waals surface area contributed by atoms with E-state index in [-0.39, 0.29) is 0 Å². The van der Waals surface area contributed by atoms with Gasteiger partial charge in [0.2, 0.25) is 0 Å². The SMILES string of the molecule is Cc1cc(C)c(CCCl)cc1C. The van der Waals surface area contributed by atoms with Crippen molar-refractivity contribution in [2.75, 3.05) is 5.88 Å². The number of halogens is 1. The van der Waals surface area contributed by atoms with E-state index in [1.54, 1.807) is 0 Å². The lowest BCUT2D eigenvalue weighted by Crippen LogP contribution is -1.93. The predicted octanol–water partition coefficient (Wildman–Crippen LogP) is 3.39. The Hall–Kier alpha value is -0.490. The fraction of sp³-hybridized carbons (Fsp3) is 0.455. The molecule has 0 radical (unpaired) electrons. The van der Waals surface area contributed by atoms with Gasteiger partial charge in [0.25, 0.3) is 0 Å². The molecule has 0 aliphatic rings. The second kappa shape index (κ2) is 3.95. The predicted molar refractivity (Wildman–Crippen MR) is 55.1 cm³/mol. The summed E-state index contributed by atoms with van der Waals surface area (Å²) in [5.41, 5.74) is 5.47. The van der Waals surface area contributed by atoms with Gasteiger partial charge in [0.15, 0.2) is 0 Å². The van der Waals surface area contributed by atoms with Gasteiger partial charge in [0.05, 0.1) is 0 Å². The van der Waals surface area contributed by atoms with Crippen molar-refractivity contribution in [1.29, 1.82) is 0 Å². The highest BCUT2D eigenvalue weighted by molar-refractivity contribution is 6.18. The van der Waals surface area contributed by atoms with Gasteiger partial charge in [-0.1, -0.05) is 12.1 Å². The standard InChI is InChI=1S/C11H15Cl/c1-8-6-10(3)11(4-5-12)7-9(8)2/h6-7H,4-5H2,1-3H3. The Kier molecular flexibility index (Phi) is 3.16. The van der Waals surface area contributed by atoms with Gasteiger partial charge in [-0.25, -0.2) is 0 Å². The Labute approximate surface area is 79.6 Å². The van der Waals surface area contributed by atoms with E-state index in [0.29, 0.717) is 5.88 Å². The quantitative estimate of drug-likeness (QED) is 0.616. The van der Waals surface area contributed by atoms with E-state index in [2.05, 4.69) is 32.9 Å². The molecule has 0 nitrogen and oxygen atoms in total. The van der Waals surface area contributed by atoms with E-state index in [9.17, 15) is 0 Å². The Morgan fingerprint density at radius 1 is 1.00 bits per heavy atom.